The lowest BCUT2D eigenvalue weighted by Crippen LogP contribution is -2.15. The van der Waals surface area contributed by atoms with Crippen LogP contribution in [0.3, 0.4) is 0 Å². The summed E-state index contributed by atoms with van der Waals surface area (Å²) in [6, 6.07) is 8.79. The fourth-order valence-corrected chi connectivity index (χ4v) is 3.20. The molecule has 2 unspecified atom stereocenters. The van der Waals surface area contributed by atoms with Gasteiger partial charge in [-0.05, 0) is 56.2 Å². The summed E-state index contributed by atoms with van der Waals surface area (Å²) in [5.41, 5.74) is 2.97. The predicted octanol–water partition coefficient (Wildman–Crippen LogP) is 3.56. The van der Waals surface area contributed by atoms with E-state index in [9.17, 15) is 0 Å². The molecule has 1 aliphatic rings. The first-order valence-electron chi connectivity index (χ1n) is 6.03. The SMILES string of the molecule is CSC1CCC(Nc2ccc(C#N)c(C)c2)C1. The van der Waals surface area contributed by atoms with Crippen LogP contribution in [0.25, 0.3) is 0 Å². The quantitative estimate of drug-likeness (QED) is 0.885. The van der Waals surface area contributed by atoms with Crippen LogP contribution >= 0.6 is 11.8 Å². The van der Waals surface area contributed by atoms with Crippen molar-refractivity contribution in [3.05, 3.63) is 29.3 Å². The van der Waals surface area contributed by atoms with Gasteiger partial charge in [-0.25, -0.2) is 0 Å². The van der Waals surface area contributed by atoms with Gasteiger partial charge in [-0.3, -0.25) is 0 Å². The maximum atomic E-state index is 8.89. The van der Waals surface area contributed by atoms with Crippen LogP contribution in [0.2, 0.25) is 0 Å². The molecule has 1 aromatic rings. The van der Waals surface area contributed by atoms with Gasteiger partial charge in [-0.2, -0.15) is 17.0 Å². The number of nitrogens with zero attached hydrogens (tertiary/aromatic N) is 1. The van der Waals surface area contributed by atoms with Crippen molar-refractivity contribution in [3.8, 4) is 6.07 Å². The first kappa shape index (κ1) is 12.3. The van der Waals surface area contributed by atoms with Crippen LogP contribution in [0.5, 0.6) is 0 Å². The molecule has 1 fully saturated rings. The Labute approximate surface area is 107 Å². The van der Waals surface area contributed by atoms with Crippen molar-refractivity contribution >= 4 is 17.4 Å². The smallest absolute Gasteiger partial charge is 0.0994 e. The second-order valence-corrected chi connectivity index (χ2v) is 5.79. The Morgan fingerprint density at radius 3 is 2.82 bits per heavy atom. The van der Waals surface area contributed by atoms with Crippen LogP contribution < -0.4 is 5.32 Å². The van der Waals surface area contributed by atoms with Crippen molar-refractivity contribution in [1.82, 2.24) is 0 Å². The Kier molecular flexibility index (Phi) is 3.96. The van der Waals surface area contributed by atoms with Gasteiger partial charge in [-0.1, -0.05) is 0 Å². The van der Waals surface area contributed by atoms with E-state index in [1.165, 1.54) is 19.3 Å². The number of hydrogen-bond donors (Lipinski definition) is 1. The van der Waals surface area contributed by atoms with Crippen LogP contribution in [0, 0.1) is 18.3 Å². The number of thioether (sulfide) groups is 1. The number of nitriles is 1. The molecule has 0 bridgehead atoms. The summed E-state index contributed by atoms with van der Waals surface area (Å²) in [7, 11) is 0. The lowest BCUT2D eigenvalue weighted by atomic mass is 10.1. The van der Waals surface area contributed by atoms with E-state index in [1.807, 2.05) is 30.8 Å². The van der Waals surface area contributed by atoms with E-state index >= 15 is 0 Å². The van der Waals surface area contributed by atoms with Crippen molar-refractivity contribution in [1.29, 1.82) is 5.26 Å². The molecule has 17 heavy (non-hydrogen) atoms. The minimum absolute atomic E-state index is 0.597. The van der Waals surface area contributed by atoms with Gasteiger partial charge in [0, 0.05) is 17.0 Å². The van der Waals surface area contributed by atoms with Gasteiger partial charge in [-0.15, -0.1) is 0 Å². The Bertz CT molecular complexity index is 436. The number of nitrogens with one attached hydrogen (secondary N) is 1. The molecule has 1 saturated carbocycles. The van der Waals surface area contributed by atoms with Gasteiger partial charge in [0.2, 0.25) is 0 Å². The zero-order valence-corrected chi connectivity index (χ0v) is 11.2. The fraction of sp³-hybridized carbons (Fsp3) is 0.500. The average molecular weight is 246 g/mol. The molecule has 90 valence electrons. The molecule has 0 radical (unpaired) electrons. The van der Waals surface area contributed by atoms with Crippen LogP contribution in [-0.4, -0.2) is 17.5 Å². The predicted molar refractivity (Wildman–Crippen MR) is 74.5 cm³/mol. The van der Waals surface area contributed by atoms with Crippen molar-refractivity contribution in [3.63, 3.8) is 0 Å². The van der Waals surface area contributed by atoms with Crippen molar-refractivity contribution < 1.29 is 0 Å². The van der Waals surface area contributed by atoms with E-state index < -0.39 is 0 Å². The average Bonchev–Trinajstić information content (AvgIpc) is 2.77. The zero-order valence-electron chi connectivity index (χ0n) is 10.4. The summed E-state index contributed by atoms with van der Waals surface area (Å²) in [4.78, 5) is 0. The summed E-state index contributed by atoms with van der Waals surface area (Å²) < 4.78 is 0. The number of rotatable bonds is 3. The summed E-state index contributed by atoms with van der Waals surface area (Å²) in [6.45, 7) is 1.99. The highest BCUT2D eigenvalue weighted by molar-refractivity contribution is 7.99. The van der Waals surface area contributed by atoms with Crippen LogP contribution in [-0.2, 0) is 0 Å². The van der Waals surface area contributed by atoms with Crippen LogP contribution in [0.1, 0.15) is 30.4 Å². The third-order valence-corrected chi connectivity index (χ3v) is 4.53. The Morgan fingerprint density at radius 2 is 2.24 bits per heavy atom. The molecule has 0 aromatic heterocycles. The summed E-state index contributed by atoms with van der Waals surface area (Å²) >= 11 is 1.97. The molecule has 2 rings (SSSR count). The van der Waals surface area contributed by atoms with E-state index in [0.717, 1.165) is 22.1 Å². The molecule has 2 nitrogen and oxygen atoms in total. The molecule has 0 spiro atoms. The molecule has 1 N–H and O–H groups in total. The minimum atomic E-state index is 0.597. The maximum absolute atomic E-state index is 8.89. The lowest BCUT2D eigenvalue weighted by molar-refractivity contribution is 0.757. The molecule has 0 amide bonds. The zero-order chi connectivity index (χ0) is 12.3. The largest absolute Gasteiger partial charge is 0.382 e. The molecule has 0 saturated heterocycles. The van der Waals surface area contributed by atoms with E-state index in [-0.39, 0.29) is 0 Å². The molecule has 0 aliphatic heterocycles. The van der Waals surface area contributed by atoms with Crippen molar-refractivity contribution in [2.75, 3.05) is 11.6 Å². The van der Waals surface area contributed by atoms with Crippen molar-refractivity contribution in [2.24, 2.45) is 0 Å². The molecule has 1 aromatic carbocycles. The summed E-state index contributed by atoms with van der Waals surface area (Å²) in [6.07, 6.45) is 6.01. The maximum Gasteiger partial charge on any atom is 0.0994 e. The van der Waals surface area contributed by atoms with E-state index in [2.05, 4.69) is 23.7 Å². The molecular formula is C14H18N2S. The minimum Gasteiger partial charge on any atom is -0.382 e. The first-order chi connectivity index (χ1) is 8.22. The van der Waals surface area contributed by atoms with Gasteiger partial charge in [0.15, 0.2) is 0 Å². The summed E-state index contributed by atoms with van der Waals surface area (Å²) in [5.74, 6) is 0. The highest BCUT2D eigenvalue weighted by Gasteiger charge is 2.23. The van der Waals surface area contributed by atoms with Gasteiger partial charge < -0.3 is 5.32 Å². The normalized spacial score (nSPS) is 23.4. The number of benzene rings is 1. The van der Waals surface area contributed by atoms with Crippen LogP contribution in [0.15, 0.2) is 18.2 Å². The molecule has 0 heterocycles. The number of anilines is 1. The van der Waals surface area contributed by atoms with E-state index in [0.29, 0.717) is 6.04 Å². The Balaban J connectivity index is 2.00. The molecular weight excluding hydrogens is 228 g/mol. The monoisotopic (exact) mass is 246 g/mol. The third-order valence-electron chi connectivity index (χ3n) is 3.44. The number of aryl methyl sites for hydroxylation is 1. The highest BCUT2D eigenvalue weighted by atomic mass is 32.2. The van der Waals surface area contributed by atoms with Gasteiger partial charge in [0.05, 0.1) is 11.6 Å². The van der Waals surface area contributed by atoms with Gasteiger partial charge in [0.1, 0.15) is 0 Å². The number of hydrogen-bond acceptors (Lipinski definition) is 3. The standard InChI is InChI=1S/C14H18N2S/c1-10-7-12(4-3-11(10)9-15)16-13-5-6-14(8-13)17-2/h3-4,7,13-14,16H,5-6,8H2,1-2H3. The van der Waals surface area contributed by atoms with E-state index in [1.54, 1.807) is 0 Å². The fourth-order valence-electron chi connectivity index (χ4n) is 2.40. The summed E-state index contributed by atoms with van der Waals surface area (Å²) in [5, 5.41) is 13.3. The van der Waals surface area contributed by atoms with Gasteiger partial charge >= 0.3 is 0 Å². The van der Waals surface area contributed by atoms with E-state index in [4.69, 9.17) is 5.26 Å². The van der Waals surface area contributed by atoms with Crippen molar-refractivity contribution in [2.45, 2.75) is 37.5 Å². The lowest BCUT2D eigenvalue weighted by Gasteiger charge is -2.15. The second-order valence-electron chi connectivity index (χ2n) is 4.65. The molecule has 2 atom stereocenters. The Morgan fingerprint density at radius 1 is 1.41 bits per heavy atom. The topological polar surface area (TPSA) is 35.8 Å². The second kappa shape index (κ2) is 5.46. The van der Waals surface area contributed by atoms with Crippen LogP contribution in [0.4, 0.5) is 5.69 Å². The van der Waals surface area contributed by atoms with Gasteiger partial charge in [0.25, 0.3) is 0 Å². The first-order valence-corrected chi connectivity index (χ1v) is 7.32. The Hall–Kier alpha value is -1.14. The molecule has 1 aliphatic carbocycles. The third kappa shape index (κ3) is 2.95. The highest BCUT2D eigenvalue weighted by Crippen LogP contribution is 2.30. The molecule has 3 heteroatoms.